The summed E-state index contributed by atoms with van der Waals surface area (Å²) in [6.45, 7) is -0.0359. The summed E-state index contributed by atoms with van der Waals surface area (Å²) >= 11 is 0. The highest BCUT2D eigenvalue weighted by Gasteiger charge is 2.30. The van der Waals surface area contributed by atoms with Crippen molar-refractivity contribution in [2.75, 3.05) is 18.9 Å². The van der Waals surface area contributed by atoms with E-state index in [0.29, 0.717) is 11.3 Å². The maximum absolute atomic E-state index is 12.7. The largest absolute Gasteiger partial charge is 0.349 e. The number of likely N-dealkylation sites (N-methyl/N-ethyl adjacent to an activating group) is 1. The van der Waals surface area contributed by atoms with Crippen LogP contribution in [-0.2, 0) is 14.8 Å². The van der Waals surface area contributed by atoms with E-state index in [2.05, 4.69) is 9.71 Å². The van der Waals surface area contributed by atoms with Crippen LogP contribution in [0, 0.1) is 0 Å². The number of fused-ring (bicyclic) bond motifs is 1. The molecule has 0 saturated carbocycles. The number of benzene rings is 3. The standard InChI is InChI=1S/C22H19N3O3S/c1-25(22-18-12-6-8-14-20(18)29(27,28)24-22)15-21(26)23-19-13-7-5-11-17(19)16-9-3-2-4-10-16/h2-14H,15H2,1H3,(H,23,26). The number of rotatable bonds is 4. The Labute approximate surface area is 169 Å². The lowest BCUT2D eigenvalue weighted by molar-refractivity contribution is -0.116. The number of carbonyl (C=O) groups excluding carboxylic acids is 1. The first-order valence-corrected chi connectivity index (χ1v) is 10.5. The number of hydrogen-bond donors (Lipinski definition) is 1. The molecule has 1 heterocycles. The lowest BCUT2D eigenvalue weighted by Crippen LogP contribution is -2.35. The Morgan fingerprint density at radius 2 is 1.52 bits per heavy atom. The van der Waals surface area contributed by atoms with Gasteiger partial charge in [-0.3, -0.25) is 4.79 Å². The van der Waals surface area contributed by atoms with Crippen LogP contribution in [0.3, 0.4) is 0 Å². The molecule has 6 nitrogen and oxygen atoms in total. The molecule has 0 bridgehead atoms. The van der Waals surface area contributed by atoms with E-state index in [-0.39, 0.29) is 23.2 Å². The summed E-state index contributed by atoms with van der Waals surface area (Å²) in [4.78, 5) is 14.4. The highest BCUT2D eigenvalue weighted by atomic mass is 32.2. The fourth-order valence-corrected chi connectivity index (χ4v) is 4.56. The summed E-state index contributed by atoms with van der Waals surface area (Å²) in [5.74, 6) is 0.00690. The number of carbonyl (C=O) groups is 1. The third kappa shape index (κ3) is 3.77. The van der Waals surface area contributed by atoms with Gasteiger partial charge < -0.3 is 10.2 Å². The zero-order valence-electron chi connectivity index (χ0n) is 15.7. The molecule has 1 aliphatic rings. The number of amides is 1. The van der Waals surface area contributed by atoms with Gasteiger partial charge in [0.05, 0.1) is 6.54 Å². The van der Waals surface area contributed by atoms with Crippen molar-refractivity contribution in [1.29, 1.82) is 0 Å². The minimum absolute atomic E-state index is 0.0359. The van der Waals surface area contributed by atoms with E-state index in [0.717, 1.165) is 11.1 Å². The van der Waals surface area contributed by atoms with E-state index in [1.807, 2.05) is 54.6 Å². The first kappa shape index (κ1) is 18.9. The van der Waals surface area contributed by atoms with Gasteiger partial charge in [0, 0.05) is 23.9 Å². The van der Waals surface area contributed by atoms with Gasteiger partial charge in [-0.25, -0.2) is 0 Å². The Kier molecular flexibility index (Phi) is 4.90. The third-order valence-electron chi connectivity index (χ3n) is 4.64. The van der Waals surface area contributed by atoms with Crippen LogP contribution in [0.4, 0.5) is 5.69 Å². The maximum atomic E-state index is 12.7. The second-order valence-electron chi connectivity index (χ2n) is 6.70. The van der Waals surface area contributed by atoms with Crippen molar-refractivity contribution in [3.05, 3.63) is 84.4 Å². The first-order chi connectivity index (χ1) is 14.0. The van der Waals surface area contributed by atoms with Crippen molar-refractivity contribution in [2.24, 2.45) is 4.40 Å². The number of nitrogens with one attached hydrogen (secondary N) is 1. The Morgan fingerprint density at radius 3 is 2.28 bits per heavy atom. The molecule has 0 radical (unpaired) electrons. The summed E-state index contributed by atoms with van der Waals surface area (Å²) in [5.41, 5.74) is 3.11. The highest BCUT2D eigenvalue weighted by Crippen LogP contribution is 2.28. The predicted molar refractivity (Wildman–Crippen MR) is 113 cm³/mol. The molecule has 0 spiro atoms. The summed E-state index contributed by atoms with van der Waals surface area (Å²) < 4.78 is 28.3. The summed E-state index contributed by atoms with van der Waals surface area (Å²) in [6, 6.07) is 24.0. The Hall–Kier alpha value is -3.45. The molecule has 0 aliphatic carbocycles. The van der Waals surface area contributed by atoms with Crippen molar-refractivity contribution < 1.29 is 13.2 Å². The van der Waals surface area contributed by atoms with Crippen molar-refractivity contribution in [3.8, 4) is 11.1 Å². The molecule has 4 rings (SSSR count). The number of anilines is 1. The quantitative estimate of drug-likeness (QED) is 0.722. The molecule has 0 atom stereocenters. The van der Waals surface area contributed by atoms with Crippen LogP contribution in [0.25, 0.3) is 11.1 Å². The molecule has 29 heavy (non-hydrogen) atoms. The normalized spacial score (nSPS) is 14.0. The number of para-hydroxylation sites is 1. The van der Waals surface area contributed by atoms with Crippen molar-refractivity contribution in [1.82, 2.24) is 4.90 Å². The zero-order valence-corrected chi connectivity index (χ0v) is 16.6. The predicted octanol–water partition coefficient (Wildman–Crippen LogP) is 3.37. The fourth-order valence-electron chi connectivity index (χ4n) is 3.31. The number of hydrogen-bond acceptors (Lipinski definition) is 4. The topological polar surface area (TPSA) is 78.8 Å². The van der Waals surface area contributed by atoms with Crippen LogP contribution in [-0.4, -0.2) is 38.7 Å². The number of nitrogens with zero attached hydrogens (tertiary/aromatic N) is 2. The van der Waals surface area contributed by atoms with Gasteiger partial charge in [0.25, 0.3) is 10.0 Å². The molecule has 0 saturated heterocycles. The number of sulfonamides is 1. The molecule has 0 unspecified atom stereocenters. The van der Waals surface area contributed by atoms with Crippen molar-refractivity contribution >= 4 is 27.5 Å². The molecule has 3 aromatic rings. The summed E-state index contributed by atoms with van der Waals surface area (Å²) in [5, 5.41) is 2.92. The van der Waals surface area contributed by atoms with E-state index < -0.39 is 10.0 Å². The monoisotopic (exact) mass is 405 g/mol. The Morgan fingerprint density at radius 1 is 0.897 bits per heavy atom. The van der Waals surface area contributed by atoms with Gasteiger partial charge in [-0.15, -0.1) is 4.40 Å². The molecule has 0 aromatic heterocycles. The highest BCUT2D eigenvalue weighted by molar-refractivity contribution is 7.90. The molecule has 1 amide bonds. The van der Waals surface area contributed by atoms with E-state index in [1.54, 1.807) is 30.1 Å². The molecule has 0 fully saturated rings. The van der Waals surface area contributed by atoms with Gasteiger partial charge in [0.15, 0.2) is 5.84 Å². The summed E-state index contributed by atoms with van der Waals surface area (Å²) in [6.07, 6.45) is 0. The van der Waals surface area contributed by atoms with E-state index >= 15 is 0 Å². The van der Waals surface area contributed by atoms with Crippen LogP contribution < -0.4 is 5.32 Å². The van der Waals surface area contributed by atoms with Crippen LogP contribution in [0.15, 0.2) is 88.2 Å². The average molecular weight is 405 g/mol. The van der Waals surface area contributed by atoms with Gasteiger partial charge >= 0.3 is 0 Å². The van der Waals surface area contributed by atoms with Gasteiger partial charge in [0.1, 0.15) is 4.90 Å². The van der Waals surface area contributed by atoms with Crippen LogP contribution >= 0.6 is 0 Å². The first-order valence-electron chi connectivity index (χ1n) is 9.05. The van der Waals surface area contributed by atoms with Crippen molar-refractivity contribution in [2.45, 2.75) is 4.90 Å². The number of amidine groups is 1. The van der Waals surface area contributed by atoms with E-state index in [9.17, 15) is 13.2 Å². The van der Waals surface area contributed by atoms with Crippen molar-refractivity contribution in [3.63, 3.8) is 0 Å². The molecular formula is C22H19N3O3S. The molecule has 1 aliphatic heterocycles. The van der Waals surface area contributed by atoms with Gasteiger partial charge in [-0.1, -0.05) is 60.7 Å². The smallest absolute Gasteiger partial charge is 0.285 e. The van der Waals surface area contributed by atoms with E-state index in [1.165, 1.54) is 6.07 Å². The third-order valence-corrected chi connectivity index (χ3v) is 5.97. The minimum Gasteiger partial charge on any atom is -0.349 e. The second-order valence-corrected chi connectivity index (χ2v) is 8.27. The maximum Gasteiger partial charge on any atom is 0.285 e. The SMILES string of the molecule is CN(CC(=O)Nc1ccccc1-c1ccccc1)C1=NS(=O)(=O)c2ccccc21. The van der Waals surface area contributed by atoms with E-state index in [4.69, 9.17) is 0 Å². The van der Waals surface area contributed by atoms with Crippen LogP contribution in [0.1, 0.15) is 5.56 Å². The summed E-state index contributed by atoms with van der Waals surface area (Å²) in [7, 11) is -2.07. The lowest BCUT2D eigenvalue weighted by Gasteiger charge is -2.19. The van der Waals surface area contributed by atoms with Gasteiger partial charge in [-0.05, 0) is 23.8 Å². The Balaban J connectivity index is 1.54. The second kappa shape index (κ2) is 7.52. The molecule has 1 N–H and O–H groups in total. The van der Waals surface area contributed by atoms with Crippen LogP contribution in [0.5, 0.6) is 0 Å². The minimum atomic E-state index is -3.72. The molecule has 146 valence electrons. The fraction of sp³-hybridized carbons (Fsp3) is 0.0909. The van der Waals surface area contributed by atoms with Gasteiger partial charge in [-0.2, -0.15) is 8.42 Å². The Bertz CT molecular complexity index is 1200. The van der Waals surface area contributed by atoms with Crippen LogP contribution in [0.2, 0.25) is 0 Å². The van der Waals surface area contributed by atoms with Gasteiger partial charge in [0.2, 0.25) is 5.91 Å². The lowest BCUT2D eigenvalue weighted by atomic mass is 10.0. The molecule has 7 heteroatoms. The average Bonchev–Trinajstić information content (AvgIpc) is 3.00. The molecular weight excluding hydrogens is 386 g/mol. The zero-order chi connectivity index (χ0) is 20.4. The molecule has 3 aromatic carbocycles.